The fourth-order valence-corrected chi connectivity index (χ4v) is 4.86. The molecule has 0 spiro atoms. The minimum Gasteiger partial charge on any atom is -0.340 e. The van der Waals surface area contributed by atoms with Crippen molar-refractivity contribution in [1.29, 1.82) is 0 Å². The minimum absolute atomic E-state index is 0.963. The molecule has 1 aromatic heterocycles. The maximum Gasteiger partial charge on any atom is 0.0577 e. The molecule has 0 radical (unpaired) electrons. The van der Waals surface area contributed by atoms with E-state index in [1.165, 1.54) is 54.1 Å². The molecule has 0 saturated carbocycles. The van der Waals surface area contributed by atoms with E-state index in [1.807, 2.05) is 55.4 Å². The summed E-state index contributed by atoms with van der Waals surface area (Å²) in [6.45, 7) is 19.2. The zero-order valence-corrected chi connectivity index (χ0v) is 23.2. The third-order valence-electron chi connectivity index (χ3n) is 5.95. The Balaban J connectivity index is 0.000000495. The van der Waals surface area contributed by atoms with E-state index in [-0.39, 0.29) is 0 Å². The van der Waals surface area contributed by atoms with Gasteiger partial charge in [0.05, 0.1) is 5.52 Å². The summed E-state index contributed by atoms with van der Waals surface area (Å²) in [5, 5.41) is 10.7. The van der Waals surface area contributed by atoms with Gasteiger partial charge < -0.3 is 4.57 Å². The van der Waals surface area contributed by atoms with Gasteiger partial charge in [-0.1, -0.05) is 134 Å². The van der Waals surface area contributed by atoms with E-state index in [1.54, 1.807) is 0 Å². The van der Waals surface area contributed by atoms with Crippen molar-refractivity contribution >= 4 is 54.1 Å². The molecule has 1 nitrogen and oxygen atoms in total. The van der Waals surface area contributed by atoms with Gasteiger partial charge in [0.15, 0.2) is 0 Å². The minimum atomic E-state index is 0.963. The van der Waals surface area contributed by atoms with Crippen molar-refractivity contribution in [3.05, 3.63) is 84.9 Å². The average Bonchev–Trinajstić information content (AvgIpc) is 3.31. The van der Waals surface area contributed by atoms with Crippen LogP contribution in [0.15, 0.2) is 84.9 Å². The van der Waals surface area contributed by atoms with Crippen molar-refractivity contribution in [3.63, 3.8) is 0 Å². The quantitative estimate of drug-likeness (QED) is 0.213. The molecule has 1 heteroatoms. The molecule has 0 atom stereocenters. The van der Waals surface area contributed by atoms with Crippen molar-refractivity contribution in [2.45, 2.75) is 68.9 Å². The van der Waals surface area contributed by atoms with Crippen LogP contribution in [0, 0.1) is 0 Å². The van der Waals surface area contributed by atoms with Gasteiger partial charge in [-0.05, 0) is 39.9 Å². The highest BCUT2D eigenvalue weighted by atomic mass is 15.0. The molecule has 6 aromatic rings. The number of hydrogen-bond donors (Lipinski definition) is 0. The first kappa shape index (κ1) is 27.9. The molecule has 0 fully saturated rings. The summed E-state index contributed by atoms with van der Waals surface area (Å²) in [6, 6.07) is 31.1. The lowest BCUT2D eigenvalue weighted by atomic mass is 9.93. The monoisotopic (exact) mass is 465 g/mol. The lowest BCUT2D eigenvalue weighted by molar-refractivity contribution is 0.830. The van der Waals surface area contributed by atoms with Gasteiger partial charge >= 0.3 is 0 Å². The van der Waals surface area contributed by atoms with E-state index in [0.717, 1.165) is 6.54 Å². The highest BCUT2D eigenvalue weighted by Crippen LogP contribution is 2.41. The van der Waals surface area contributed by atoms with Crippen LogP contribution in [0.3, 0.4) is 0 Å². The van der Waals surface area contributed by atoms with Crippen LogP contribution in [0.25, 0.3) is 54.1 Å². The summed E-state index contributed by atoms with van der Waals surface area (Å²) in [5.74, 6) is 0. The molecule has 0 saturated heterocycles. The van der Waals surface area contributed by atoms with E-state index in [9.17, 15) is 0 Å². The van der Waals surface area contributed by atoms with E-state index < -0.39 is 0 Å². The Morgan fingerprint density at radius 3 is 1.31 bits per heavy atom. The first-order chi connectivity index (χ1) is 17.4. The standard InChI is InChI=1S/C26H19N.4C2H6/c1-2-27-24-14-8-7-12-20(24)23-16-15-22-19-11-4-3-9-17(19)18-10-5-6-13-21(18)25(22)26(23)27;4*1-2/h3-16H,2H2,1H3;4*1-2H3. The summed E-state index contributed by atoms with van der Waals surface area (Å²) in [5.41, 5.74) is 2.68. The van der Waals surface area contributed by atoms with Crippen LogP contribution >= 0.6 is 0 Å². The molecule has 5 aromatic carbocycles. The van der Waals surface area contributed by atoms with Gasteiger partial charge in [0.2, 0.25) is 0 Å². The largest absolute Gasteiger partial charge is 0.340 e. The van der Waals surface area contributed by atoms with Crippen LogP contribution in [-0.2, 0) is 6.54 Å². The van der Waals surface area contributed by atoms with E-state index in [2.05, 4.69) is 96.4 Å². The summed E-state index contributed by atoms with van der Waals surface area (Å²) >= 11 is 0. The van der Waals surface area contributed by atoms with Crippen LogP contribution in [0.2, 0.25) is 0 Å². The second-order valence-corrected chi connectivity index (χ2v) is 7.24. The molecule has 35 heavy (non-hydrogen) atoms. The van der Waals surface area contributed by atoms with Gasteiger partial charge in [-0.2, -0.15) is 0 Å². The first-order valence-corrected chi connectivity index (χ1v) is 13.6. The summed E-state index contributed by atoms with van der Waals surface area (Å²) < 4.78 is 2.48. The lowest BCUT2D eigenvalue weighted by Crippen LogP contribution is -1.94. The molecule has 0 bridgehead atoms. The SMILES string of the molecule is CC.CC.CC.CC.CCn1c2ccccc2c2ccc3c4ccccc4c4ccccc4c3c21. The number of rotatable bonds is 1. The molecule has 0 aliphatic carbocycles. The van der Waals surface area contributed by atoms with E-state index in [0.29, 0.717) is 0 Å². The Kier molecular flexibility index (Phi) is 10.8. The fourth-order valence-electron chi connectivity index (χ4n) is 4.86. The first-order valence-electron chi connectivity index (χ1n) is 13.6. The zero-order valence-electron chi connectivity index (χ0n) is 23.2. The highest BCUT2D eigenvalue weighted by Gasteiger charge is 2.16. The van der Waals surface area contributed by atoms with Crippen molar-refractivity contribution in [2.24, 2.45) is 0 Å². The van der Waals surface area contributed by atoms with E-state index in [4.69, 9.17) is 0 Å². The Morgan fingerprint density at radius 2 is 0.800 bits per heavy atom. The molecule has 0 amide bonds. The number of aromatic nitrogens is 1. The smallest absolute Gasteiger partial charge is 0.0577 e. The third kappa shape index (κ3) is 4.78. The molecule has 0 N–H and O–H groups in total. The average molecular weight is 466 g/mol. The molecule has 1 heterocycles. The van der Waals surface area contributed by atoms with Crippen molar-refractivity contribution < 1.29 is 0 Å². The van der Waals surface area contributed by atoms with Gasteiger partial charge in [0, 0.05) is 28.2 Å². The highest BCUT2D eigenvalue weighted by molar-refractivity contribution is 6.33. The number of hydrogen-bond acceptors (Lipinski definition) is 0. The normalized spacial score (nSPS) is 9.97. The Morgan fingerprint density at radius 1 is 0.429 bits per heavy atom. The molecule has 6 rings (SSSR count). The molecular weight excluding hydrogens is 422 g/mol. The van der Waals surface area contributed by atoms with Gasteiger partial charge in [-0.15, -0.1) is 0 Å². The Hall–Kier alpha value is -3.32. The molecule has 0 unspecified atom stereocenters. The number of para-hydroxylation sites is 1. The second-order valence-electron chi connectivity index (χ2n) is 7.24. The van der Waals surface area contributed by atoms with Crippen molar-refractivity contribution in [2.75, 3.05) is 0 Å². The van der Waals surface area contributed by atoms with Gasteiger partial charge in [0.25, 0.3) is 0 Å². The predicted octanol–water partition coefficient (Wildman–Crippen LogP) is 11.4. The summed E-state index contributed by atoms with van der Waals surface area (Å²) in [7, 11) is 0. The van der Waals surface area contributed by atoms with Gasteiger partial charge in [-0.25, -0.2) is 0 Å². The lowest BCUT2D eigenvalue weighted by Gasteiger charge is -2.13. The van der Waals surface area contributed by atoms with Crippen LogP contribution in [-0.4, -0.2) is 4.57 Å². The second kappa shape index (κ2) is 13.5. The van der Waals surface area contributed by atoms with Crippen molar-refractivity contribution in [3.8, 4) is 0 Å². The topological polar surface area (TPSA) is 4.93 Å². The van der Waals surface area contributed by atoms with Gasteiger partial charge in [-0.3, -0.25) is 0 Å². The van der Waals surface area contributed by atoms with Crippen LogP contribution in [0.1, 0.15) is 62.3 Å². The van der Waals surface area contributed by atoms with Crippen LogP contribution < -0.4 is 0 Å². The van der Waals surface area contributed by atoms with Crippen molar-refractivity contribution in [1.82, 2.24) is 4.57 Å². The third-order valence-corrected chi connectivity index (χ3v) is 5.95. The Bertz CT molecular complexity index is 1470. The molecule has 0 aliphatic heterocycles. The maximum absolute atomic E-state index is 2.48. The number of fused-ring (bicyclic) bond motifs is 10. The zero-order chi connectivity index (χ0) is 26.0. The van der Waals surface area contributed by atoms with Crippen LogP contribution in [0.5, 0.6) is 0 Å². The number of nitrogens with zero attached hydrogens (tertiary/aromatic N) is 1. The predicted molar refractivity (Wildman–Crippen MR) is 163 cm³/mol. The maximum atomic E-state index is 2.48. The fraction of sp³-hybridized carbons (Fsp3) is 0.294. The van der Waals surface area contributed by atoms with Gasteiger partial charge in [0.1, 0.15) is 0 Å². The Labute approximate surface area is 212 Å². The number of benzene rings is 5. The van der Waals surface area contributed by atoms with E-state index >= 15 is 0 Å². The molecular formula is C34H43N. The number of aryl methyl sites for hydroxylation is 1. The molecule has 184 valence electrons. The summed E-state index contributed by atoms with van der Waals surface area (Å²) in [6.07, 6.45) is 0. The molecule has 0 aliphatic rings. The summed E-state index contributed by atoms with van der Waals surface area (Å²) in [4.78, 5) is 0. The van der Waals surface area contributed by atoms with Crippen LogP contribution in [0.4, 0.5) is 0 Å².